The molecule has 12 aromatic carbocycles. The molecule has 0 saturated heterocycles. The van der Waals surface area contributed by atoms with Gasteiger partial charge in [-0.15, -0.1) is 0 Å². The topological polar surface area (TPSA) is 3.24 Å². The smallest absolute Gasteiger partial charge is 0.0645 e. The molecule has 0 heterocycles. The first-order chi connectivity index (χ1) is 35.9. The van der Waals surface area contributed by atoms with Crippen molar-refractivity contribution in [3.63, 3.8) is 0 Å². The molecule has 12 rings (SSSR count). The lowest BCUT2D eigenvalue weighted by Crippen LogP contribution is -2.09. The molecule has 0 aliphatic carbocycles. The van der Waals surface area contributed by atoms with Gasteiger partial charge in [0, 0.05) is 17.1 Å². The van der Waals surface area contributed by atoms with Crippen molar-refractivity contribution in [3.05, 3.63) is 285 Å². The van der Waals surface area contributed by atoms with Gasteiger partial charge in [-0.25, -0.2) is 0 Å². The Morgan fingerprint density at radius 1 is 0.232 bits per heavy atom. The van der Waals surface area contributed by atoms with Crippen molar-refractivity contribution in [2.75, 3.05) is 4.90 Å². The van der Waals surface area contributed by atoms with Crippen molar-refractivity contribution in [1.29, 1.82) is 0 Å². The maximum atomic E-state index is 9.72. The van der Waals surface area contributed by atoms with Gasteiger partial charge in [-0.3, -0.25) is 0 Å². The van der Waals surface area contributed by atoms with Gasteiger partial charge in [0.2, 0.25) is 0 Å². The third-order valence-electron chi connectivity index (χ3n) is 13.2. The number of hydrogen-bond donors (Lipinski definition) is 0. The number of rotatable bonds is 10. The molecule has 0 saturated carbocycles. The minimum absolute atomic E-state index is 0.108. The van der Waals surface area contributed by atoms with Crippen LogP contribution in [0.15, 0.2) is 285 Å². The molecule has 0 unspecified atom stereocenters. The van der Waals surface area contributed by atoms with Crippen molar-refractivity contribution in [1.82, 2.24) is 0 Å². The summed E-state index contributed by atoms with van der Waals surface area (Å²) in [5.74, 6) is 0. The zero-order valence-electron chi connectivity index (χ0n) is 41.8. The average molecular weight is 882 g/mol. The van der Waals surface area contributed by atoms with E-state index in [1.165, 1.54) is 5.39 Å². The van der Waals surface area contributed by atoms with Crippen LogP contribution in [0, 0.1) is 0 Å². The Morgan fingerprint density at radius 3 is 1.29 bits per heavy atom. The van der Waals surface area contributed by atoms with E-state index in [4.69, 9.17) is 0 Å². The van der Waals surface area contributed by atoms with E-state index in [2.05, 4.69) is 182 Å². The Balaban J connectivity index is 0.967. The van der Waals surface area contributed by atoms with Crippen LogP contribution in [0.1, 0.15) is 5.48 Å². The molecule has 0 atom stereocenters. The molecule has 0 aliphatic heterocycles. The second-order valence-corrected chi connectivity index (χ2v) is 17.4. The van der Waals surface area contributed by atoms with Crippen LogP contribution in [0.4, 0.5) is 17.1 Å². The van der Waals surface area contributed by atoms with Gasteiger partial charge >= 0.3 is 0 Å². The van der Waals surface area contributed by atoms with Gasteiger partial charge in [0.05, 0.1) is 5.48 Å². The highest BCUT2D eigenvalue weighted by atomic mass is 15.1. The fourth-order valence-corrected chi connectivity index (χ4v) is 9.64. The van der Waals surface area contributed by atoms with E-state index in [0.717, 1.165) is 82.9 Å². The Morgan fingerprint density at radius 2 is 0.652 bits per heavy atom. The molecule has 324 valence electrons. The van der Waals surface area contributed by atoms with Crippen LogP contribution in [0.5, 0.6) is 0 Å². The van der Waals surface area contributed by atoms with Crippen LogP contribution < -0.4 is 4.90 Å². The Bertz CT molecular complexity index is 3940. The van der Waals surface area contributed by atoms with E-state index in [1.807, 2.05) is 83.8 Å². The third-order valence-corrected chi connectivity index (χ3v) is 13.2. The zero-order chi connectivity index (χ0) is 49.4. The van der Waals surface area contributed by atoms with Crippen LogP contribution in [-0.4, -0.2) is 0 Å². The first-order valence-corrected chi connectivity index (χ1v) is 23.4. The van der Waals surface area contributed by atoms with Gasteiger partial charge in [0.1, 0.15) is 0 Å². The zero-order valence-corrected chi connectivity index (χ0v) is 37.8. The van der Waals surface area contributed by atoms with Crippen LogP contribution in [0.25, 0.3) is 99.4 Å². The molecular weight excluding hydrogens is 831 g/mol. The molecule has 0 amide bonds. The van der Waals surface area contributed by atoms with Gasteiger partial charge in [0.25, 0.3) is 0 Å². The molecule has 0 spiro atoms. The highest BCUT2D eigenvalue weighted by molar-refractivity contribution is 6.04. The van der Waals surface area contributed by atoms with Gasteiger partial charge in [-0.2, -0.15) is 0 Å². The van der Waals surface area contributed by atoms with E-state index in [9.17, 15) is 5.48 Å². The van der Waals surface area contributed by atoms with Crippen molar-refractivity contribution >= 4 is 38.6 Å². The molecule has 0 aromatic heterocycles. The van der Waals surface area contributed by atoms with E-state index < -0.39 is 0 Å². The minimum Gasteiger partial charge on any atom is -0.311 e. The predicted molar refractivity (Wildman–Crippen MR) is 294 cm³/mol. The van der Waals surface area contributed by atoms with E-state index in [1.54, 1.807) is 0 Å². The summed E-state index contributed by atoms with van der Waals surface area (Å²) in [6, 6.07) is 89.1. The molecule has 69 heavy (non-hydrogen) atoms. The summed E-state index contributed by atoms with van der Waals surface area (Å²) >= 11 is 0. The Kier molecular flexibility index (Phi) is 9.85. The number of benzene rings is 12. The molecule has 1 nitrogen and oxygen atoms in total. The van der Waals surface area contributed by atoms with Crippen LogP contribution in [-0.2, 0) is 0 Å². The fraction of sp³-hybridized carbons (Fsp3) is 0. The van der Waals surface area contributed by atoms with Crippen molar-refractivity contribution in [2.24, 2.45) is 0 Å². The maximum Gasteiger partial charge on any atom is 0.0645 e. The largest absolute Gasteiger partial charge is 0.311 e. The molecule has 12 aromatic rings. The summed E-state index contributed by atoms with van der Waals surface area (Å²) in [5.41, 5.74) is 15.5. The second-order valence-electron chi connectivity index (χ2n) is 17.4. The summed E-state index contributed by atoms with van der Waals surface area (Å²) in [5, 5.41) is 4.64. The lowest BCUT2D eigenvalue weighted by molar-refractivity contribution is 1.28. The van der Waals surface area contributed by atoms with E-state index in [-0.39, 0.29) is 35.4 Å². The Hall–Kier alpha value is -9.04. The maximum absolute atomic E-state index is 9.72. The molecular formula is C68H47N. The fourth-order valence-electron chi connectivity index (χ4n) is 9.64. The molecule has 0 radical (unpaired) electrons. The highest BCUT2D eigenvalue weighted by Crippen LogP contribution is 2.42. The lowest BCUT2D eigenvalue weighted by atomic mass is 9.90. The first kappa shape index (κ1) is 37.1. The quantitative estimate of drug-likeness (QED) is 0.132. The minimum atomic E-state index is -0.132. The molecule has 0 bridgehead atoms. The summed E-state index contributed by atoms with van der Waals surface area (Å²) < 4.78 is 38.6. The van der Waals surface area contributed by atoms with Gasteiger partial charge in [-0.1, -0.05) is 237 Å². The summed E-state index contributed by atoms with van der Waals surface area (Å²) in [6.07, 6.45) is 0. The SMILES string of the molecule is [2H]c1c([2H])c(N(c2ccc(-c3ccc(-c4ccccc4)c(-c4ccccc4)c3)cc2)c2ccc(-c3ccc4ccccc4c3-c3ccccc3)cc2)c([2H])c([2H])c1-c1ccc(-c2ccc3ccccc3c2)cc1. The number of hydrogen-bond acceptors (Lipinski definition) is 1. The molecule has 1 heteroatoms. The van der Waals surface area contributed by atoms with Crippen LogP contribution in [0.2, 0.25) is 0 Å². The van der Waals surface area contributed by atoms with Crippen molar-refractivity contribution < 1.29 is 5.48 Å². The normalized spacial score (nSPS) is 12.0. The van der Waals surface area contributed by atoms with Gasteiger partial charge in [-0.05, 0) is 148 Å². The number of fused-ring (bicyclic) bond motifs is 2. The number of anilines is 3. The predicted octanol–water partition coefficient (Wildman–Crippen LogP) is 19.1. The monoisotopic (exact) mass is 881 g/mol. The highest BCUT2D eigenvalue weighted by Gasteiger charge is 2.17. The summed E-state index contributed by atoms with van der Waals surface area (Å²) in [7, 11) is 0. The molecule has 0 aliphatic rings. The first-order valence-electron chi connectivity index (χ1n) is 25.4. The molecule has 0 fully saturated rings. The van der Waals surface area contributed by atoms with Gasteiger partial charge < -0.3 is 4.90 Å². The average Bonchev–Trinajstić information content (AvgIpc) is 3.46. The van der Waals surface area contributed by atoms with Crippen LogP contribution in [0.3, 0.4) is 0 Å². The standard InChI is InChI=1S/C68H47N/c1-4-15-53(16-5-1)64-44-37-60(47-67(64)54-17-6-2-7-18-54)52-32-40-62(41-33-52)69(61-38-30-50(31-39-61)49-24-26-51(27-25-49)59-29-28-48-14-10-11-22-58(48)46-59)63-42-34-56(35-43-63)66-45-36-55-19-12-13-23-65(55)68(66)57-20-8-3-9-21-57/h1-47H/i30D,31D,38D,39D. The van der Waals surface area contributed by atoms with Gasteiger partial charge in [0.15, 0.2) is 0 Å². The summed E-state index contributed by atoms with van der Waals surface area (Å²) in [4.78, 5) is 1.87. The second kappa shape index (κ2) is 18.3. The summed E-state index contributed by atoms with van der Waals surface area (Å²) in [6.45, 7) is 0. The van der Waals surface area contributed by atoms with Crippen molar-refractivity contribution in [3.8, 4) is 77.9 Å². The van der Waals surface area contributed by atoms with Crippen molar-refractivity contribution in [2.45, 2.75) is 0 Å². The van der Waals surface area contributed by atoms with E-state index in [0.29, 0.717) is 16.9 Å². The molecule has 0 N–H and O–H groups in total. The third kappa shape index (κ3) is 8.28. The Labute approximate surface area is 410 Å². The number of nitrogens with zero attached hydrogens (tertiary/aromatic N) is 1. The van der Waals surface area contributed by atoms with E-state index >= 15 is 0 Å². The lowest BCUT2D eigenvalue weighted by Gasteiger charge is -2.26. The van der Waals surface area contributed by atoms with Crippen LogP contribution >= 0.6 is 0 Å².